The van der Waals surface area contributed by atoms with Crippen LogP contribution in [0.5, 0.6) is 0 Å². The monoisotopic (exact) mass is 551 g/mol. The van der Waals surface area contributed by atoms with E-state index in [1.54, 1.807) is 0 Å². The molecule has 176 valence electrons. The molecule has 1 saturated carbocycles. The van der Waals surface area contributed by atoms with Gasteiger partial charge in [0, 0.05) is 25.6 Å². The number of aryl methyl sites for hydroxylation is 1. The van der Waals surface area contributed by atoms with Gasteiger partial charge >= 0.3 is 0 Å². The Bertz CT molecular complexity index is 811. The number of aliphatic imine (C=N–C) groups is 1. The molecule has 0 bridgehead atoms. The van der Waals surface area contributed by atoms with Crippen LogP contribution in [0.1, 0.15) is 62.9 Å². The summed E-state index contributed by atoms with van der Waals surface area (Å²) >= 11 is 0. The van der Waals surface area contributed by atoms with Crippen LogP contribution in [0.4, 0.5) is 0 Å². The van der Waals surface area contributed by atoms with Crippen LogP contribution in [-0.4, -0.2) is 57.8 Å². The minimum atomic E-state index is 0. The maximum Gasteiger partial charge on any atom is 0.191 e. The third-order valence-corrected chi connectivity index (χ3v) is 6.54. The smallest absolute Gasteiger partial charge is 0.191 e. The third-order valence-electron chi connectivity index (χ3n) is 6.54. The molecule has 1 atom stereocenters. The average Bonchev–Trinajstić information content (AvgIpc) is 3.58. The Morgan fingerprint density at radius 1 is 1.12 bits per heavy atom. The Morgan fingerprint density at radius 2 is 1.88 bits per heavy atom. The van der Waals surface area contributed by atoms with E-state index in [0.717, 1.165) is 37.8 Å². The van der Waals surface area contributed by atoms with Gasteiger partial charge in [-0.3, -0.25) is 9.89 Å². The summed E-state index contributed by atoms with van der Waals surface area (Å²) in [4.78, 5) is 7.68. The first-order valence-electron chi connectivity index (χ1n) is 12.0. The first-order valence-corrected chi connectivity index (χ1v) is 12.0. The van der Waals surface area contributed by atoms with Crippen LogP contribution in [0.15, 0.2) is 41.7 Å². The van der Waals surface area contributed by atoms with Crippen LogP contribution in [0.3, 0.4) is 0 Å². The van der Waals surface area contributed by atoms with Crippen LogP contribution in [0.25, 0.3) is 0 Å². The largest absolute Gasteiger partial charge is 0.355 e. The van der Waals surface area contributed by atoms with Crippen molar-refractivity contribution in [1.82, 2.24) is 30.3 Å². The number of benzene rings is 1. The van der Waals surface area contributed by atoms with Gasteiger partial charge in [-0.25, -0.2) is 0 Å². The zero-order valence-electron chi connectivity index (χ0n) is 19.2. The van der Waals surface area contributed by atoms with Gasteiger partial charge in [0.1, 0.15) is 12.2 Å². The highest BCUT2D eigenvalue weighted by molar-refractivity contribution is 14.0. The fraction of sp³-hybridized carbons (Fsp3) is 0.625. The van der Waals surface area contributed by atoms with Crippen molar-refractivity contribution in [2.24, 2.45) is 4.99 Å². The molecular weight excluding hydrogens is 513 g/mol. The molecule has 2 heterocycles. The molecule has 1 aliphatic carbocycles. The number of halogens is 1. The number of nitrogens with zero attached hydrogens (tertiary/aromatic N) is 5. The lowest BCUT2D eigenvalue weighted by molar-refractivity contribution is 0.251. The van der Waals surface area contributed by atoms with Gasteiger partial charge in [0.15, 0.2) is 5.96 Å². The van der Waals surface area contributed by atoms with Crippen LogP contribution in [0, 0.1) is 0 Å². The highest BCUT2D eigenvalue weighted by Crippen LogP contribution is 2.25. The van der Waals surface area contributed by atoms with Crippen molar-refractivity contribution in [1.29, 1.82) is 0 Å². The van der Waals surface area contributed by atoms with Gasteiger partial charge < -0.3 is 15.2 Å². The zero-order valence-corrected chi connectivity index (χ0v) is 21.6. The number of likely N-dealkylation sites (tertiary alicyclic amines) is 1. The van der Waals surface area contributed by atoms with Crippen LogP contribution >= 0.6 is 24.0 Å². The van der Waals surface area contributed by atoms with E-state index in [1.807, 2.05) is 6.33 Å². The van der Waals surface area contributed by atoms with E-state index < -0.39 is 0 Å². The molecule has 2 aromatic rings. The summed E-state index contributed by atoms with van der Waals surface area (Å²) in [6.07, 6.45) is 10.4. The second-order valence-corrected chi connectivity index (χ2v) is 8.71. The lowest BCUT2D eigenvalue weighted by Crippen LogP contribution is -2.44. The number of guanidine groups is 1. The average molecular weight is 552 g/mol. The number of nitrogens with one attached hydrogen (secondary N) is 2. The minimum Gasteiger partial charge on any atom is -0.355 e. The first kappa shape index (κ1) is 25.0. The molecule has 1 aromatic heterocycles. The van der Waals surface area contributed by atoms with Crippen molar-refractivity contribution in [3.05, 3.63) is 48.0 Å². The normalized spacial score (nSPS) is 18.5. The van der Waals surface area contributed by atoms with E-state index in [9.17, 15) is 0 Å². The summed E-state index contributed by atoms with van der Waals surface area (Å²) in [5, 5.41) is 15.5. The second kappa shape index (κ2) is 13.1. The topological polar surface area (TPSA) is 70.4 Å². The van der Waals surface area contributed by atoms with Gasteiger partial charge in [-0.15, -0.1) is 34.2 Å². The SMILES string of the molecule is CCc1nncn1CCNC(=NCC(c1ccccc1)N1CCCC1)NC1CCCC1.I. The maximum absolute atomic E-state index is 5.08. The number of rotatable bonds is 9. The quantitative estimate of drug-likeness (QED) is 0.282. The van der Waals surface area contributed by atoms with E-state index in [4.69, 9.17) is 4.99 Å². The van der Waals surface area contributed by atoms with Crippen LogP contribution in [-0.2, 0) is 13.0 Å². The first-order chi connectivity index (χ1) is 15.3. The molecule has 0 radical (unpaired) electrons. The predicted octanol–water partition coefficient (Wildman–Crippen LogP) is 3.77. The van der Waals surface area contributed by atoms with Crippen molar-refractivity contribution < 1.29 is 0 Å². The molecule has 8 heteroatoms. The van der Waals surface area contributed by atoms with Crippen LogP contribution < -0.4 is 10.6 Å². The predicted molar refractivity (Wildman–Crippen MR) is 141 cm³/mol. The molecule has 2 N–H and O–H groups in total. The third kappa shape index (κ3) is 6.91. The van der Waals surface area contributed by atoms with Crippen LogP contribution in [0.2, 0.25) is 0 Å². The van der Waals surface area contributed by atoms with Crippen molar-refractivity contribution in [2.45, 2.75) is 70.5 Å². The summed E-state index contributed by atoms with van der Waals surface area (Å²) in [7, 11) is 0. The Labute approximate surface area is 209 Å². The molecule has 1 saturated heterocycles. The van der Waals surface area contributed by atoms with Crippen molar-refractivity contribution in [3.63, 3.8) is 0 Å². The number of hydrogen-bond donors (Lipinski definition) is 2. The van der Waals surface area contributed by atoms with E-state index in [0.29, 0.717) is 12.1 Å². The second-order valence-electron chi connectivity index (χ2n) is 8.71. The van der Waals surface area contributed by atoms with Crippen molar-refractivity contribution in [3.8, 4) is 0 Å². The van der Waals surface area contributed by atoms with Gasteiger partial charge in [0.25, 0.3) is 0 Å². The van der Waals surface area contributed by atoms with Gasteiger partial charge in [-0.2, -0.15) is 0 Å². The summed E-state index contributed by atoms with van der Waals surface area (Å²) in [5.41, 5.74) is 1.37. The van der Waals surface area contributed by atoms with E-state index >= 15 is 0 Å². The highest BCUT2D eigenvalue weighted by atomic mass is 127. The van der Waals surface area contributed by atoms with Gasteiger partial charge in [-0.1, -0.05) is 50.1 Å². The zero-order chi connectivity index (χ0) is 21.3. The minimum absolute atomic E-state index is 0. The molecule has 2 aliphatic rings. The lowest BCUT2D eigenvalue weighted by Gasteiger charge is -2.27. The Kier molecular flexibility index (Phi) is 10.2. The summed E-state index contributed by atoms with van der Waals surface area (Å²) in [6, 6.07) is 11.7. The molecule has 1 aliphatic heterocycles. The standard InChI is InChI=1S/C24H37N7.HI/c1-2-23-29-27-19-31(23)17-14-25-24(28-21-12-6-7-13-21)26-18-22(30-15-8-9-16-30)20-10-4-3-5-11-20;/h3-5,10-11,19,21-22H,2,6-9,12-18H2,1H3,(H2,25,26,28);1H. The molecule has 7 nitrogen and oxygen atoms in total. The Balaban J connectivity index is 0.00000289. The van der Waals surface area contributed by atoms with E-state index in [-0.39, 0.29) is 24.0 Å². The van der Waals surface area contributed by atoms with E-state index in [1.165, 1.54) is 57.2 Å². The molecule has 1 aromatic carbocycles. The Morgan fingerprint density at radius 3 is 2.59 bits per heavy atom. The van der Waals surface area contributed by atoms with Gasteiger partial charge in [0.2, 0.25) is 0 Å². The molecule has 0 spiro atoms. The fourth-order valence-electron chi connectivity index (χ4n) is 4.79. The highest BCUT2D eigenvalue weighted by Gasteiger charge is 2.23. The summed E-state index contributed by atoms with van der Waals surface area (Å²) in [5.74, 6) is 1.97. The maximum atomic E-state index is 5.08. The fourth-order valence-corrected chi connectivity index (χ4v) is 4.79. The molecule has 32 heavy (non-hydrogen) atoms. The van der Waals surface area contributed by atoms with Crippen molar-refractivity contribution >= 4 is 29.9 Å². The molecule has 1 unspecified atom stereocenters. The molecule has 0 amide bonds. The van der Waals surface area contributed by atoms with Crippen molar-refractivity contribution in [2.75, 3.05) is 26.2 Å². The Hall–Kier alpha value is -1.68. The van der Waals surface area contributed by atoms with Gasteiger partial charge in [0.05, 0.1) is 12.6 Å². The van der Waals surface area contributed by atoms with Gasteiger partial charge in [-0.05, 0) is 44.3 Å². The number of aromatic nitrogens is 3. The summed E-state index contributed by atoms with van der Waals surface area (Å²) < 4.78 is 2.12. The van der Waals surface area contributed by atoms with E-state index in [2.05, 4.69) is 67.6 Å². The lowest BCUT2D eigenvalue weighted by atomic mass is 10.1. The molecule has 2 fully saturated rings. The molecular formula is C24H38IN7. The number of hydrogen-bond acceptors (Lipinski definition) is 4. The molecule has 4 rings (SSSR count). The summed E-state index contributed by atoms with van der Waals surface area (Å²) in [6.45, 7) is 6.88.